The Hall–Kier alpha value is -1.61. The monoisotopic (exact) mass is 361 g/mol. The van der Waals surface area contributed by atoms with Crippen molar-refractivity contribution in [2.24, 2.45) is 0 Å². The van der Waals surface area contributed by atoms with E-state index in [0.29, 0.717) is 6.42 Å². The largest absolute Gasteiger partial charge is 0.374 e. The topological polar surface area (TPSA) is 49.3 Å². The van der Waals surface area contributed by atoms with Gasteiger partial charge in [-0.05, 0) is 79.6 Å². The van der Waals surface area contributed by atoms with Gasteiger partial charge in [0.05, 0.1) is 0 Å². The van der Waals surface area contributed by atoms with Crippen molar-refractivity contribution in [2.75, 3.05) is 0 Å². The van der Waals surface area contributed by atoms with Crippen molar-refractivity contribution in [1.29, 1.82) is 0 Å². The molecule has 0 aliphatic rings. The highest BCUT2D eigenvalue weighted by Crippen LogP contribution is 2.13. The molecule has 1 unspecified atom stereocenters. The van der Waals surface area contributed by atoms with E-state index in [-0.39, 0.29) is 5.91 Å². The maximum absolute atomic E-state index is 11.7. The number of hydrogen-bond donors (Lipinski definition) is 2. The highest BCUT2D eigenvalue weighted by molar-refractivity contribution is 5.88. The Morgan fingerprint density at radius 1 is 0.846 bits per heavy atom. The van der Waals surface area contributed by atoms with Crippen LogP contribution in [0.1, 0.15) is 86.5 Å². The fourth-order valence-electron chi connectivity index (χ4n) is 2.49. The van der Waals surface area contributed by atoms with Crippen LogP contribution in [0, 0.1) is 0 Å². The van der Waals surface area contributed by atoms with Gasteiger partial charge in [-0.15, -0.1) is 0 Å². The third kappa shape index (κ3) is 14.7. The van der Waals surface area contributed by atoms with Gasteiger partial charge >= 0.3 is 0 Å². The molecule has 1 amide bonds. The summed E-state index contributed by atoms with van der Waals surface area (Å²) in [4.78, 5) is 11.7. The van der Waals surface area contributed by atoms with Gasteiger partial charge in [0.1, 0.15) is 6.23 Å². The molecular weight excluding hydrogens is 322 g/mol. The number of carbonyl (C=O) groups excluding carboxylic acids is 1. The third-order valence-electron chi connectivity index (χ3n) is 4.23. The molecule has 3 nitrogen and oxygen atoms in total. The molecule has 0 radical (unpaired) electrons. The number of rotatable bonds is 12. The molecule has 26 heavy (non-hydrogen) atoms. The lowest BCUT2D eigenvalue weighted by Gasteiger charge is -2.08. The molecule has 0 bridgehead atoms. The van der Waals surface area contributed by atoms with Crippen molar-refractivity contribution in [3.8, 4) is 0 Å². The molecule has 148 valence electrons. The van der Waals surface area contributed by atoms with Gasteiger partial charge in [-0.1, -0.05) is 47.4 Å². The predicted molar refractivity (Wildman–Crippen MR) is 113 cm³/mol. The molecule has 0 aliphatic heterocycles. The molecule has 2 N–H and O–H groups in total. The minimum absolute atomic E-state index is 0.216. The Balaban J connectivity index is 4.13. The van der Waals surface area contributed by atoms with Gasteiger partial charge < -0.3 is 10.4 Å². The summed E-state index contributed by atoms with van der Waals surface area (Å²) in [6.07, 6.45) is 14.5. The van der Waals surface area contributed by atoms with Crippen molar-refractivity contribution in [3.63, 3.8) is 0 Å². The summed E-state index contributed by atoms with van der Waals surface area (Å²) in [6.45, 7) is 12.5. The van der Waals surface area contributed by atoms with Crippen LogP contribution in [0.15, 0.2) is 46.6 Å². The molecule has 0 saturated carbocycles. The second-order valence-electron chi connectivity index (χ2n) is 7.42. The lowest BCUT2D eigenvalue weighted by Crippen LogP contribution is -2.32. The van der Waals surface area contributed by atoms with Crippen LogP contribution in [0.25, 0.3) is 0 Å². The molecule has 0 rings (SSSR count). The van der Waals surface area contributed by atoms with Crippen LogP contribution in [-0.2, 0) is 4.79 Å². The van der Waals surface area contributed by atoms with Gasteiger partial charge in [-0.2, -0.15) is 0 Å². The van der Waals surface area contributed by atoms with E-state index in [1.165, 1.54) is 16.7 Å². The molecule has 0 saturated heterocycles. The molecule has 0 spiro atoms. The van der Waals surface area contributed by atoms with Gasteiger partial charge in [0.25, 0.3) is 0 Å². The zero-order valence-electron chi connectivity index (χ0n) is 17.7. The quantitative estimate of drug-likeness (QED) is 0.255. The summed E-state index contributed by atoms with van der Waals surface area (Å²) in [5.41, 5.74) is 5.29. The molecule has 0 heterocycles. The van der Waals surface area contributed by atoms with E-state index in [9.17, 15) is 9.90 Å². The average Bonchev–Trinajstić information content (AvgIpc) is 2.54. The van der Waals surface area contributed by atoms with E-state index < -0.39 is 6.23 Å². The second kappa shape index (κ2) is 14.5. The number of hydrogen-bond acceptors (Lipinski definition) is 2. The van der Waals surface area contributed by atoms with Crippen LogP contribution < -0.4 is 5.32 Å². The number of allylic oxidation sites excluding steroid dienone is 7. The van der Waals surface area contributed by atoms with E-state index >= 15 is 0 Å². The maximum atomic E-state index is 11.7. The first-order valence-corrected chi connectivity index (χ1v) is 9.85. The zero-order chi connectivity index (χ0) is 19.9. The van der Waals surface area contributed by atoms with E-state index in [2.05, 4.69) is 51.2 Å². The summed E-state index contributed by atoms with van der Waals surface area (Å²) in [5.74, 6) is -0.216. The Bertz CT molecular complexity index is 534. The van der Waals surface area contributed by atoms with Gasteiger partial charge in [0.15, 0.2) is 0 Å². The molecule has 1 atom stereocenters. The van der Waals surface area contributed by atoms with Crippen LogP contribution in [0.2, 0.25) is 0 Å². The minimum atomic E-state index is -0.757. The van der Waals surface area contributed by atoms with E-state index in [1.54, 1.807) is 6.08 Å². The first-order chi connectivity index (χ1) is 12.2. The molecule has 0 fully saturated rings. The van der Waals surface area contributed by atoms with Crippen molar-refractivity contribution in [1.82, 2.24) is 5.32 Å². The molecule has 0 aromatic rings. The van der Waals surface area contributed by atoms with Crippen molar-refractivity contribution >= 4 is 5.91 Å². The number of carbonyl (C=O) groups is 1. The van der Waals surface area contributed by atoms with Crippen molar-refractivity contribution < 1.29 is 9.90 Å². The zero-order valence-corrected chi connectivity index (χ0v) is 17.7. The fourth-order valence-corrected chi connectivity index (χ4v) is 2.49. The summed E-state index contributed by atoms with van der Waals surface area (Å²) in [5, 5.41) is 11.9. The highest BCUT2D eigenvalue weighted by atomic mass is 16.3. The Morgan fingerprint density at radius 2 is 1.31 bits per heavy atom. The fraction of sp³-hybridized carbons (Fsp3) is 0.609. The second-order valence-corrected chi connectivity index (χ2v) is 7.42. The summed E-state index contributed by atoms with van der Waals surface area (Å²) in [6, 6.07) is 0. The molecule has 3 heteroatoms. The van der Waals surface area contributed by atoms with Crippen LogP contribution in [0.3, 0.4) is 0 Å². The summed E-state index contributed by atoms with van der Waals surface area (Å²) in [7, 11) is 0. The summed E-state index contributed by atoms with van der Waals surface area (Å²) >= 11 is 0. The first-order valence-electron chi connectivity index (χ1n) is 9.85. The van der Waals surface area contributed by atoms with Crippen LogP contribution in [0.5, 0.6) is 0 Å². The SMILES string of the molecule is CCC(O)NC(=O)/C=C(\C)CC/C=C(\C)CC/C=C(\C)CCC=C(C)C. The predicted octanol–water partition coefficient (Wildman–Crippen LogP) is 5.98. The standard InChI is InChI=1S/C23H39NO2/c1-7-22(25)24-23(26)17-21(6)16-10-15-20(5)14-9-13-19(4)12-8-11-18(2)3/h11,13,15,17,22,25H,7-10,12,14,16H2,1-6H3,(H,24,26)/b19-13+,20-15+,21-17+. The highest BCUT2D eigenvalue weighted by Gasteiger charge is 2.03. The Morgan fingerprint density at radius 3 is 1.77 bits per heavy atom. The van der Waals surface area contributed by atoms with Crippen LogP contribution in [-0.4, -0.2) is 17.2 Å². The van der Waals surface area contributed by atoms with E-state index in [0.717, 1.165) is 44.1 Å². The normalized spacial score (nSPS) is 14.2. The van der Waals surface area contributed by atoms with Gasteiger partial charge in [-0.3, -0.25) is 4.79 Å². The van der Waals surface area contributed by atoms with Gasteiger partial charge in [-0.25, -0.2) is 0 Å². The number of aliphatic hydroxyl groups excluding tert-OH is 1. The van der Waals surface area contributed by atoms with Crippen molar-refractivity contribution in [3.05, 3.63) is 46.6 Å². The maximum Gasteiger partial charge on any atom is 0.245 e. The molecule has 0 aromatic heterocycles. The Kier molecular flexibility index (Phi) is 13.6. The first kappa shape index (κ1) is 24.4. The smallest absolute Gasteiger partial charge is 0.245 e. The van der Waals surface area contributed by atoms with Gasteiger partial charge in [0.2, 0.25) is 5.91 Å². The summed E-state index contributed by atoms with van der Waals surface area (Å²) < 4.78 is 0. The molecule has 0 aliphatic carbocycles. The minimum Gasteiger partial charge on any atom is -0.374 e. The van der Waals surface area contributed by atoms with Crippen LogP contribution in [0.4, 0.5) is 0 Å². The Labute approximate surface area is 161 Å². The van der Waals surface area contributed by atoms with Crippen LogP contribution >= 0.6 is 0 Å². The lowest BCUT2D eigenvalue weighted by atomic mass is 10.0. The van der Waals surface area contributed by atoms with Gasteiger partial charge in [0, 0.05) is 6.08 Å². The number of amides is 1. The van der Waals surface area contributed by atoms with E-state index in [1.807, 2.05) is 13.8 Å². The lowest BCUT2D eigenvalue weighted by molar-refractivity contribution is -0.119. The number of aliphatic hydroxyl groups is 1. The number of nitrogens with one attached hydrogen (secondary N) is 1. The van der Waals surface area contributed by atoms with E-state index in [4.69, 9.17) is 0 Å². The third-order valence-corrected chi connectivity index (χ3v) is 4.23. The molecule has 0 aromatic carbocycles. The molecular formula is C23H39NO2. The average molecular weight is 362 g/mol. The van der Waals surface area contributed by atoms with Crippen molar-refractivity contribution in [2.45, 2.75) is 92.7 Å².